The Bertz CT molecular complexity index is 837. The third-order valence-corrected chi connectivity index (χ3v) is 5.90. The Labute approximate surface area is 155 Å². The van der Waals surface area contributed by atoms with Gasteiger partial charge in [0.15, 0.2) is 5.65 Å². The Morgan fingerprint density at radius 1 is 1.12 bits per heavy atom. The van der Waals surface area contributed by atoms with Crippen molar-refractivity contribution in [3.63, 3.8) is 0 Å². The molecule has 0 amide bonds. The lowest BCUT2D eigenvalue weighted by Crippen LogP contribution is -2.47. The number of hydrogen-bond acceptors (Lipinski definition) is 4. The third-order valence-electron chi connectivity index (χ3n) is 5.14. The maximum atomic E-state index is 6.20. The molecule has 0 aliphatic carbocycles. The molecule has 4 rings (SSSR count). The second-order valence-electron chi connectivity index (χ2n) is 6.36. The second-order valence-corrected chi connectivity index (χ2v) is 7.53. The van der Waals surface area contributed by atoms with Crippen LogP contribution in [0.4, 0.5) is 5.95 Å². The molecule has 124 valence electrons. The van der Waals surface area contributed by atoms with Crippen molar-refractivity contribution in [3.05, 3.63) is 58.1 Å². The molecule has 1 saturated heterocycles. The van der Waals surface area contributed by atoms with E-state index in [2.05, 4.69) is 72.2 Å². The van der Waals surface area contributed by atoms with Crippen LogP contribution in [0.2, 0.25) is 0 Å². The molecule has 6 heteroatoms. The SMILES string of the molecule is NCC1(c2ccccc2)CCN(c2ncc(I)c3nccn23)CC1. The number of benzene rings is 1. The minimum absolute atomic E-state index is 0.0784. The third kappa shape index (κ3) is 2.57. The fraction of sp³-hybridized carbons (Fsp3) is 0.333. The van der Waals surface area contributed by atoms with Gasteiger partial charge in [0.2, 0.25) is 5.95 Å². The Balaban J connectivity index is 1.61. The van der Waals surface area contributed by atoms with Crippen LogP contribution >= 0.6 is 22.6 Å². The average Bonchev–Trinajstić information content (AvgIpc) is 3.14. The number of nitrogens with zero attached hydrogens (tertiary/aromatic N) is 4. The molecule has 3 heterocycles. The highest BCUT2D eigenvalue weighted by Gasteiger charge is 2.35. The first-order chi connectivity index (χ1) is 11.7. The molecule has 5 nitrogen and oxygen atoms in total. The molecular weight excluding hydrogens is 413 g/mol. The van der Waals surface area contributed by atoms with E-state index in [0.29, 0.717) is 6.54 Å². The number of nitrogens with two attached hydrogens (primary N) is 1. The normalized spacial score (nSPS) is 17.3. The van der Waals surface area contributed by atoms with Crippen molar-refractivity contribution in [1.82, 2.24) is 14.4 Å². The van der Waals surface area contributed by atoms with Gasteiger partial charge in [0.1, 0.15) is 0 Å². The van der Waals surface area contributed by atoms with Crippen molar-refractivity contribution >= 4 is 34.2 Å². The molecule has 1 fully saturated rings. The number of halogens is 1. The van der Waals surface area contributed by atoms with E-state index in [-0.39, 0.29) is 5.41 Å². The zero-order valence-corrected chi connectivity index (χ0v) is 15.6. The first kappa shape index (κ1) is 15.8. The average molecular weight is 433 g/mol. The van der Waals surface area contributed by atoms with Crippen molar-refractivity contribution in [2.75, 3.05) is 24.5 Å². The molecule has 24 heavy (non-hydrogen) atoms. The van der Waals surface area contributed by atoms with Crippen molar-refractivity contribution < 1.29 is 0 Å². The Kier molecular flexibility index (Phi) is 4.17. The van der Waals surface area contributed by atoms with E-state index in [4.69, 9.17) is 5.73 Å². The maximum Gasteiger partial charge on any atom is 0.211 e. The molecule has 0 saturated carbocycles. The number of anilines is 1. The number of imidazole rings is 1. The van der Waals surface area contributed by atoms with Crippen LogP contribution in [-0.2, 0) is 5.41 Å². The monoisotopic (exact) mass is 433 g/mol. The van der Waals surface area contributed by atoms with Crippen molar-refractivity contribution in [2.45, 2.75) is 18.3 Å². The van der Waals surface area contributed by atoms with Gasteiger partial charge in [0.05, 0.1) is 3.57 Å². The topological polar surface area (TPSA) is 59.5 Å². The Hall–Kier alpha value is -1.67. The maximum absolute atomic E-state index is 6.20. The summed E-state index contributed by atoms with van der Waals surface area (Å²) in [5.41, 5.74) is 8.60. The van der Waals surface area contributed by atoms with E-state index < -0.39 is 0 Å². The number of hydrogen-bond donors (Lipinski definition) is 1. The lowest BCUT2D eigenvalue weighted by Gasteiger charge is -2.42. The molecule has 3 aromatic rings. The van der Waals surface area contributed by atoms with E-state index in [9.17, 15) is 0 Å². The largest absolute Gasteiger partial charge is 0.342 e. The fourth-order valence-corrected chi connectivity index (χ4v) is 4.19. The molecule has 1 aromatic carbocycles. The van der Waals surface area contributed by atoms with Crippen LogP contribution in [0.15, 0.2) is 48.9 Å². The summed E-state index contributed by atoms with van der Waals surface area (Å²) < 4.78 is 3.15. The highest BCUT2D eigenvalue weighted by Crippen LogP contribution is 2.35. The second kappa shape index (κ2) is 6.33. The predicted molar refractivity (Wildman–Crippen MR) is 104 cm³/mol. The molecule has 0 bridgehead atoms. The van der Waals surface area contributed by atoms with E-state index in [1.165, 1.54) is 5.56 Å². The van der Waals surface area contributed by atoms with Crippen LogP contribution in [0.5, 0.6) is 0 Å². The fourth-order valence-electron chi connectivity index (χ4n) is 3.65. The van der Waals surface area contributed by atoms with Crippen LogP contribution < -0.4 is 10.6 Å². The van der Waals surface area contributed by atoms with Gasteiger partial charge in [-0.3, -0.25) is 4.40 Å². The summed E-state index contributed by atoms with van der Waals surface area (Å²) in [4.78, 5) is 11.4. The zero-order valence-electron chi connectivity index (χ0n) is 13.4. The summed E-state index contributed by atoms with van der Waals surface area (Å²) in [5.74, 6) is 0.974. The predicted octanol–water partition coefficient (Wildman–Crippen LogP) is 2.83. The van der Waals surface area contributed by atoms with E-state index in [1.54, 1.807) is 0 Å². The number of fused-ring (bicyclic) bond motifs is 1. The summed E-state index contributed by atoms with van der Waals surface area (Å²) in [7, 11) is 0. The summed E-state index contributed by atoms with van der Waals surface area (Å²) in [5, 5.41) is 0. The van der Waals surface area contributed by atoms with Gasteiger partial charge < -0.3 is 10.6 Å². The minimum Gasteiger partial charge on any atom is -0.342 e. The van der Waals surface area contributed by atoms with Crippen LogP contribution in [0.25, 0.3) is 5.65 Å². The first-order valence-corrected chi connectivity index (χ1v) is 9.29. The molecule has 0 atom stereocenters. The summed E-state index contributed by atoms with van der Waals surface area (Å²) in [6.07, 6.45) is 7.80. The summed E-state index contributed by atoms with van der Waals surface area (Å²) >= 11 is 2.28. The van der Waals surface area contributed by atoms with Crippen molar-refractivity contribution in [3.8, 4) is 0 Å². The van der Waals surface area contributed by atoms with E-state index in [0.717, 1.165) is 41.1 Å². The zero-order chi connectivity index (χ0) is 16.6. The molecule has 0 unspecified atom stereocenters. The van der Waals surface area contributed by atoms with Gasteiger partial charge in [-0.2, -0.15) is 0 Å². The van der Waals surface area contributed by atoms with Gasteiger partial charge in [-0.05, 0) is 41.0 Å². The number of rotatable bonds is 3. The van der Waals surface area contributed by atoms with Crippen molar-refractivity contribution in [1.29, 1.82) is 0 Å². The van der Waals surface area contributed by atoms with Gasteiger partial charge in [-0.1, -0.05) is 30.3 Å². The van der Waals surface area contributed by atoms with Gasteiger partial charge in [-0.25, -0.2) is 9.97 Å². The molecule has 2 N–H and O–H groups in total. The number of piperidine rings is 1. The van der Waals surface area contributed by atoms with Gasteiger partial charge in [0, 0.05) is 43.6 Å². The smallest absolute Gasteiger partial charge is 0.211 e. The van der Waals surface area contributed by atoms with E-state index >= 15 is 0 Å². The van der Waals surface area contributed by atoms with Crippen LogP contribution in [-0.4, -0.2) is 34.0 Å². The van der Waals surface area contributed by atoms with Crippen molar-refractivity contribution in [2.24, 2.45) is 5.73 Å². The van der Waals surface area contributed by atoms with Gasteiger partial charge in [-0.15, -0.1) is 0 Å². The van der Waals surface area contributed by atoms with Gasteiger partial charge in [0.25, 0.3) is 0 Å². The quantitative estimate of drug-likeness (QED) is 0.646. The van der Waals surface area contributed by atoms with Gasteiger partial charge >= 0.3 is 0 Å². The highest BCUT2D eigenvalue weighted by molar-refractivity contribution is 14.1. The lowest BCUT2D eigenvalue weighted by atomic mass is 9.73. The van der Waals surface area contributed by atoms with Crippen LogP contribution in [0, 0.1) is 3.57 Å². The molecule has 0 spiro atoms. The summed E-state index contributed by atoms with van der Waals surface area (Å²) in [6, 6.07) is 10.7. The molecule has 0 radical (unpaired) electrons. The highest BCUT2D eigenvalue weighted by atomic mass is 127. The molecular formula is C18H20IN5. The minimum atomic E-state index is 0.0784. The Morgan fingerprint density at radius 3 is 2.58 bits per heavy atom. The molecule has 2 aromatic heterocycles. The number of aromatic nitrogens is 3. The van der Waals surface area contributed by atoms with E-state index in [1.807, 2.05) is 18.6 Å². The van der Waals surface area contributed by atoms with Crippen LogP contribution in [0.1, 0.15) is 18.4 Å². The molecule has 1 aliphatic rings. The first-order valence-electron chi connectivity index (χ1n) is 8.22. The molecule has 1 aliphatic heterocycles. The lowest BCUT2D eigenvalue weighted by molar-refractivity contribution is 0.337. The van der Waals surface area contributed by atoms with Crippen LogP contribution in [0.3, 0.4) is 0 Å². The Morgan fingerprint density at radius 2 is 1.88 bits per heavy atom. The standard InChI is InChI=1S/C18H20IN5/c19-15-12-22-17(24-11-8-21-16(15)24)23-9-6-18(13-20,7-10-23)14-4-2-1-3-5-14/h1-5,8,11-12H,6-7,9-10,13,20H2. The summed E-state index contributed by atoms with van der Waals surface area (Å²) in [6.45, 7) is 2.59.